The predicted octanol–water partition coefficient (Wildman–Crippen LogP) is 2.97. The number of benzene rings is 1. The lowest BCUT2D eigenvalue weighted by Crippen LogP contribution is -1.96. The maximum atomic E-state index is 5.66. The highest BCUT2D eigenvalue weighted by molar-refractivity contribution is 5.28. The van der Waals surface area contributed by atoms with Gasteiger partial charge in [-0.1, -0.05) is 30.3 Å². The van der Waals surface area contributed by atoms with Crippen LogP contribution in [-0.2, 0) is 6.61 Å². The lowest BCUT2D eigenvalue weighted by atomic mass is 10.2. The average molecular weight is 199 g/mol. The molecule has 15 heavy (non-hydrogen) atoms. The Labute approximate surface area is 89.6 Å². The van der Waals surface area contributed by atoms with E-state index in [1.165, 1.54) is 5.56 Å². The van der Waals surface area contributed by atoms with Crippen LogP contribution in [0.15, 0.2) is 48.8 Å². The average Bonchev–Trinajstić information content (AvgIpc) is 2.29. The van der Waals surface area contributed by atoms with Crippen molar-refractivity contribution < 1.29 is 4.74 Å². The van der Waals surface area contributed by atoms with Crippen LogP contribution >= 0.6 is 0 Å². The van der Waals surface area contributed by atoms with Gasteiger partial charge in [-0.2, -0.15) is 0 Å². The molecule has 0 saturated heterocycles. The van der Waals surface area contributed by atoms with Crippen LogP contribution in [0.5, 0.6) is 5.75 Å². The Morgan fingerprint density at radius 1 is 1.13 bits per heavy atom. The summed E-state index contributed by atoms with van der Waals surface area (Å²) < 4.78 is 5.66. The standard InChI is InChI=1S/C13H13NO/c1-11-7-8-14-9-13(11)15-10-12-5-3-2-4-6-12/h2-9H,10H2,1H3. The Morgan fingerprint density at radius 2 is 1.93 bits per heavy atom. The van der Waals surface area contributed by atoms with Crippen molar-refractivity contribution in [1.29, 1.82) is 0 Å². The molecule has 0 aliphatic carbocycles. The van der Waals surface area contributed by atoms with Crippen LogP contribution in [0.25, 0.3) is 0 Å². The molecule has 0 N–H and O–H groups in total. The lowest BCUT2D eigenvalue weighted by Gasteiger charge is -2.07. The minimum absolute atomic E-state index is 0.591. The summed E-state index contributed by atoms with van der Waals surface area (Å²) >= 11 is 0. The van der Waals surface area contributed by atoms with E-state index in [9.17, 15) is 0 Å². The third-order valence-electron chi connectivity index (χ3n) is 2.23. The minimum atomic E-state index is 0.591. The lowest BCUT2D eigenvalue weighted by molar-refractivity contribution is 0.303. The summed E-state index contributed by atoms with van der Waals surface area (Å²) in [5.41, 5.74) is 2.28. The van der Waals surface area contributed by atoms with E-state index in [1.807, 2.05) is 43.3 Å². The molecule has 0 bridgehead atoms. The van der Waals surface area contributed by atoms with Crippen molar-refractivity contribution >= 4 is 0 Å². The molecule has 0 saturated carbocycles. The highest BCUT2D eigenvalue weighted by Crippen LogP contribution is 2.16. The monoisotopic (exact) mass is 199 g/mol. The zero-order valence-corrected chi connectivity index (χ0v) is 8.68. The maximum absolute atomic E-state index is 5.66. The van der Waals surface area contributed by atoms with Gasteiger partial charge in [0.05, 0.1) is 6.20 Å². The van der Waals surface area contributed by atoms with Crippen molar-refractivity contribution in [2.45, 2.75) is 13.5 Å². The summed E-state index contributed by atoms with van der Waals surface area (Å²) in [5, 5.41) is 0. The second-order valence-electron chi connectivity index (χ2n) is 3.42. The molecule has 0 amide bonds. The second kappa shape index (κ2) is 4.60. The Balaban J connectivity index is 2.03. The zero-order chi connectivity index (χ0) is 10.5. The van der Waals surface area contributed by atoms with Gasteiger partial charge in [-0.15, -0.1) is 0 Å². The Hall–Kier alpha value is -1.83. The third kappa shape index (κ3) is 2.56. The van der Waals surface area contributed by atoms with Crippen LogP contribution in [-0.4, -0.2) is 4.98 Å². The van der Waals surface area contributed by atoms with Crippen molar-refractivity contribution in [1.82, 2.24) is 4.98 Å². The zero-order valence-electron chi connectivity index (χ0n) is 8.68. The molecule has 2 nitrogen and oxygen atoms in total. The maximum Gasteiger partial charge on any atom is 0.140 e. The van der Waals surface area contributed by atoms with E-state index in [-0.39, 0.29) is 0 Å². The van der Waals surface area contributed by atoms with Crippen molar-refractivity contribution in [2.24, 2.45) is 0 Å². The summed E-state index contributed by atoms with van der Waals surface area (Å²) in [4.78, 5) is 4.03. The Kier molecular flexibility index (Phi) is 2.98. The molecule has 1 heterocycles. The molecule has 76 valence electrons. The van der Waals surface area contributed by atoms with Gasteiger partial charge in [0, 0.05) is 6.20 Å². The van der Waals surface area contributed by atoms with Crippen molar-refractivity contribution in [2.75, 3.05) is 0 Å². The quantitative estimate of drug-likeness (QED) is 0.758. The highest BCUT2D eigenvalue weighted by Gasteiger charge is 1.98. The first kappa shape index (κ1) is 9.71. The number of pyridine rings is 1. The normalized spacial score (nSPS) is 9.93. The molecular formula is C13H13NO. The van der Waals surface area contributed by atoms with Gasteiger partial charge in [-0.3, -0.25) is 4.98 Å². The van der Waals surface area contributed by atoms with Gasteiger partial charge in [0.25, 0.3) is 0 Å². The van der Waals surface area contributed by atoms with Crippen LogP contribution in [0, 0.1) is 6.92 Å². The van der Waals surface area contributed by atoms with Crippen molar-refractivity contribution in [3.05, 3.63) is 59.9 Å². The Morgan fingerprint density at radius 3 is 2.67 bits per heavy atom. The van der Waals surface area contributed by atoms with Gasteiger partial charge in [0.1, 0.15) is 12.4 Å². The largest absolute Gasteiger partial charge is 0.487 e. The Bertz CT molecular complexity index is 426. The van der Waals surface area contributed by atoms with Gasteiger partial charge < -0.3 is 4.74 Å². The first-order valence-corrected chi connectivity index (χ1v) is 4.93. The number of aryl methyl sites for hydroxylation is 1. The predicted molar refractivity (Wildman–Crippen MR) is 59.7 cm³/mol. The molecule has 1 aromatic heterocycles. The van der Waals surface area contributed by atoms with E-state index < -0.39 is 0 Å². The molecule has 1 aromatic carbocycles. The number of hydrogen-bond acceptors (Lipinski definition) is 2. The van der Waals surface area contributed by atoms with Crippen molar-refractivity contribution in [3.63, 3.8) is 0 Å². The van der Waals surface area contributed by atoms with Gasteiger partial charge in [-0.05, 0) is 24.1 Å². The van der Waals surface area contributed by atoms with E-state index in [4.69, 9.17) is 4.74 Å². The van der Waals surface area contributed by atoms with Gasteiger partial charge >= 0.3 is 0 Å². The van der Waals surface area contributed by atoms with Crippen LogP contribution in [0.2, 0.25) is 0 Å². The molecule has 0 radical (unpaired) electrons. The molecular weight excluding hydrogens is 186 g/mol. The summed E-state index contributed by atoms with van der Waals surface area (Å²) in [7, 11) is 0. The molecule has 0 aliphatic heterocycles. The number of hydrogen-bond donors (Lipinski definition) is 0. The fourth-order valence-electron chi connectivity index (χ4n) is 1.34. The number of rotatable bonds is 3. The van der Waals surface area contributed by atoms with Crippen LogP contribution in [0.4, 0.5) is 0 Å². The van der Waals surface area contributed by atoms with E-state index in [1.54, 1.807) is 12.4 Å². The van der Waals surface area contributed by atoms with Gasteiger partial charge in [0.15, 0.2) is 0 Å². The molecule has 0 atom stereocenters. The third-order valence-corrected chi connectivity index (χ3v) is 2.23. The first-order chi connectivity index (χ1) is 7.36. The second-order valence-corrected chi connectivity index (χ2v) is 3.42. The molecule has 0 fully saturated rings. The van der Waals surface area contributed by atoms with Crippen LogP contribution in [0.1, 0.15) is 11.1 Å². The van der Waals surface area contributed by atoms with Crippen LogP contribution < -0.4 is 4.74 Å². The summed E-state index contributed by atoms with van der Waals surface area (Å²) in [6.45, 7) is 2.61. The molecule has 2 aromatic rings. The summed E-state index contributed by atoms with van der Waals surface area (Å²) in [5.74, 6) is 0.848. The summed E-state index contributed by atoms with van der Waals surface area (Å²) in [6.07, 6.45) is 3.52. The fraction of sp³-hybridized carbons (Fsp3) is 0.154. The molecule has 0 unspecified atom stereocenters. The van der Waals surface area contributed by atoms with Crippen molar-refractivity contribution in [3.8, 4) is 5.75 Å². The number of ether oxygens (including phenoxy) is 1. The number of nitrogens with zero attached hydrogens (tertiary/aromatic N) is 1. The van der Waals surface area contributed by atoms with E-state index in [2.05, 4.69) is 4.98 Å². The first-order valence-electron chi connectivity index (χ1n) is 4.93. The van der Waals surface area contributed by atoms with Crippen LogP contribution in [0.3, 0.4) is 0 Å². The molecule has 2 rings (SSSR count). The SMILES string of the molecule is Cc1ccncc1OCc1ccccc1. The van der Waals surface area contributed by atoms with Gasteiger partial charge in [0.2, 0.25) is 0 Å². The van der Waals surface area contributed by atoms with Gasteiger partial charge in [-0.25, -0.2) is 0 Å². The molecule has 2 heteroatoms. The topological polar surface area (TPSA) is 22.1 Å². The van der Waals surface area contributed by atoms with E-state index >= 15 is 0 Å². The smallest absolute Gasteiger partial charge is 0.140 e. The summed E-state index contributed by atoms with van der Waals surface area (Å²) in [6, 6.07) is 12.1. The number of aromatic nitrogens is 1. The van der Waals surface area contributed by atoms with E-state index in [0.717, 1.165) is 11.3 Å². The van der Waals surface area contributed by atoms with E-state index in [0.29, 0.717) is 6.61 Å². The fourth-order valence-corrected chi connectivity index (χ4v) is 1.34. The molecule has 0 aliphatic rings. The highest BCUT2D eigenvalue weighted by atomic mass is 16.5. The molecule has 0 spiro atoms. The minimum Gasteiger partial charge on any atom is -0.487 e.